The Morgan fingerprint density at radius 2 is 1.09 bits per heavy atom. The van der Waals surface area contributed by atoms with E-state index in [9.17, 15) is 0 Å². The SMILES string of the molecule is Cn1c2ccc(-c3ccc4c(c3)oc3ccccc34)cc2c2c3ccccc3c3ccccc3c21. The van der Waals surface area contributed by atoms with Gasteiger partial charge in [0.15, 0.2) is 0 Å². The van der Waals surface area contributed by atoms with Crippen LogP contribution in [0.3, 0.4) is 0 Å². The highest BCUT2D eigenvalue weighted by atomic mass is 16.3. The Labute approximate surface area is 201 Å². The average Bonchev–Trinajstić information content (AvgIpc) is 3.43. The van der Waals surface area contributed by atoms with Crippen molar-refractivity contribution in [3.05, 3.63) is 109 Å². The van der Waals surface area contributed by atoms with E-state index in [4.69, 9.17) is 4.42 Å². The lowest BCUT2D eigenvalue weighted by Crippen LogP contribution is -1.89. The molecule has 0 bridgehead atoms. The molecule has 6 aromatic carbocycles. The Balaban J connectivity index is 1.46. The fraction of sp³-hybridized carbons (Fsp3) is 0.0303. The smallest absolute Gasteiger partial charge is 0.136 e. The molecule has 0 fully saturated rings. The zero-order valence-corrected chi connectivity index (χ0v) is 19.2. The Kier molecular flexibility index (Phi) is 3.62. The van der Waals surface area contributed by atoms with Crippen molar-refractivity contribution in [2.75, 3.05) is 0 Å². The van der Waals surface area contributed by atoms with Crippen LogP contribution in [0.2, 0.25) is 0 Å². The summed E-state index contributed by atoms with van der Waals surface area (Å²) < 4.78 is 8.53. The van der Waals surface area contributed by atoms with Crippen LogP contribution in [0, 0.1) is 0 Å². The predicted octanol–water partition coefficient (Wildman–Crippen LogP) is 9.20. The summed E-state index contributed by atoms with van der Waals surface area (Å²) in [6.07, 6.45) is 0. The van der Waals surface area contributed by atoms with Gasteiger partial charge in [-0.3, -0.25) is 0 Å². The number of benzene rings is 6. The number of para-hydroxylation sites is 1. The summed E-state index contributed by atoms with van der Waals surface area (Å²) in [5, 5.41) is 10.1. The van der Waals surface area contributed by atoms with Gasteiger partial charge in [-0.2, -0.15) is 0 Å². The van der Waals surface area contributed by atoms with Gasteiger partial charge in [0.05, 0.1) is 5.52 Å². The molecule has 2 heterocycles. The summed E-state index contributed by atoms with van der Waals surface area (Å²) in [6, 6.07) is 39.2. The zero-order chi connectivity index (χ0) is 23.1. The van der Waals surface area contributed by atoms with Crippen LogP contribution in [0.5, 0.6) is 0 Å². The van der Waals surface area contributed by atoms with Gasteiger partial charge in [0, 0.05) is 39.5 Å². The monoisotopic (exact) mass is 447 g/mol. The lowest BCUT2D eigenvalue weighted by molar-refractivity contribution is 0.669. The molecule has 0 radical (unpaired) electrons. The number of fused-ring (bicyclic) bond motifs is 11. The van der Waals surface area contributed by atoms with Crippen LogP contribution in [0.15, 0.2) is 114 Å². The van der Waals surface area contributed by atoms with Crippen molar-refractivity contribution in [3.63, 3.8) is 0 Å². The van der Waals surface area contributed by atoms with E-state index in [1.54, 1.807) is 0 Å². The maximum Gasteiger partial charge on any atom is 0.136 e. The van der Waals surface area contributed by atoms with Crippen molar-refractivity contribution in [1.82, 2.24) is 4.57 Å². The number of rotatable bonds is 1. The molecule has 2 nitrogen and oxygen atoms in total. The molecule has 0 aliphatic carbocycles. The molecule has 164 valence electrons. The van der Waals surface area contributed by atoms with E-state index in [-0.39, 0.29) is 0 Å². The summed E-state index contributed by atoms with van der Waals surface area (Å²) in [5.41, 5.74) is 6.76. The van der Waals surface area contributed by atoms with E-state index in [1.165, 1.54) is 54.5 Å². The first-order valence-electron chi connectivity index (χ1n) is 12.0. The van der Waals surface area contributed by atoms with Gasteiger partial charge < -0.3 is 8.98 Å². The van der Waals surface area contributed by atoms with Crippen LogP contribution in [-0.4, -0.2) is 4.57 Å². The minimum absolute atomic E-state index is 0.929. The van der Waals surface area contributed by atoms with Crippen LogP contribution in [0.4, 0.5) is 0 Å². The molecule has 0 amide bonds. The van der Waals surface area contributed by atoms with Crippen molar-refractivity contribution in [3.8, 4) is 11.1 Å². The van der Waals surface area contributed by atoms with E-state index in [2.05, 4.69) is 109 Å². The molecule has 0 aliphatic rings. The standard InChI is InChI=1S/C33H21NO/c1-34-29-17-15-20(21-14-16-25-24-10-6-7-13-30(24)35-31(25)19-21)18-28(29)32-26-11-4-2-8-22(26)23-9-3-5-12-27(23)33(32)34/h2-19H,1H3. The first kappa shape index (κ1) is 18.8. The Morgan fingerprint density at radius 3 is 1.91 bits per heavy atom. The van der Waals surface area contributed by atoms with Crippen LogP contribution in [0.1, 0.15) is 0 Å². The number of aryl methyl sites for hydroxylation is 1. The molecular formula is C33H21NO. The normalized spacial score (nSPS) is 12.1. The molecule has 0 atom stereocenters. The van der Waals surface area contributed by atoms with Crippen molar-refractivity contribution < 1.29 is 4.42 Å². The van der Waals surface area contributed by atoms with Crippen LogP contribution >= 0.6 is 0 Å². The largest absolute Gasteiger partial charge is 0.456 e. The molecule has 8 aromatic rings. The first-order valence-corrected chi connectivity index (χ1v) is 12.0. The highest BCUT2D eigenvalue weighted by Crippen LogP contribution is 2.42. The second kappa shape index (κ2) is 6.74. The van der Waals surface area contributed by atoms with Gasteiger partial charge in [-0.25, -0.2) is 0 Å². The molecule has 0 spiro atoms. The van der Waals surface area contributed by atoms with E-state index < -0.39 is 0 Å². The van der Waals surface area contributed by atoms with Crippen molar-refractivity contribution in [2.24, 2.45) is 7.05 Å². The molecule has 0 saturated carbocycles. The second-order valence-electron chi connectivity index (χ2n) is 9.41. The Morgan fingerprint density at radius 1 is 0.486 bits per heavy atom. The van der Waals surface area contributed by atoms with Gasteiger partial charge >= 0.3 is 0 Å². The molecular weight excluding hydrogens is 426 g/mol. The van der Waals surface area contributed by atoms with Gasteiger partial charge in [0.25, 0.3) is 0 Å². The Bertz CT molecular complexity index is 2120. The summed E-state index contributed by atoms with van der Waals surface area (Å²) >= 11 is 0. The fourth-order valence-corrected chi connectivity index (χ4v) is 5.98. The third-order valence-electron chi connectivity index (χ3n) is 7.58. The van der Waals surface area contributed by atoms with E-state index in [0.717, 1.165) is 21.9 Å². The van der Waals surface area contributed by atoms with Crippen molar-refractivity contribution >= 4 is 65.3 Å². The topological polar surface area (TPSA) is 18.1 Å². The minimum atomic E-state index is 0.929. The molecule has 2 aromatic heterocycles. The molecule has 2 heteroatoms. The zero-order valence-electron chi connectivity index (χ0n) is 19.2. The Hall–Kier alpha value is -4.56. The molecule has 35 heavy (non-hydrogen) atoms. The molecule has 0 N–H and O–H groups in total. The number of hydrogen-bond acceptors (Lipinski definition) is 1. The summed E-state index contributed by atoms with van der Waals surface area (Å²) in [6.45, 7) is 0. The van der Waals surface area contributed by atoms with Crippen LogP contribution < -0.4 is 0 Å². The number of nitrogens with zero attached hydrogens (tertiary/aromatic N) is 1. The lowest BCUT2D eigenvalue weighted by atomic mass is 9.95. The quantitative estimate of drug-likeness (QED) is 0.229. The third-order valence-corrected chi connectivity index (χ3v) is 7.58. The highest BCUT2D eigenvalue weighted by molar-refractivity contribution is 6.31. The van der Waals surface area contributed by atoms with Gasteiger partial charge in [0.2, 0.25) is 0 Å². The summed E-state index contributed by atoms with van der Waals surface area (Å²) in [5.74, 6) is 0. The number of hydrogen-bond donors (Lipinski definition) is 0. The molecule has 0 saturated heterocycles. The second-order valence-corrected chi connectivity index (χ2v) is 9.41. The van der Waals surface area contributed by atoms with Crippen molar-refractivity contribution in [1.29, 1.82) is 0 Å². The van der Waals surface area contributed by atoms with E-state index in [1.807, 2.05) is 12.1 Å². The first-order chi connectivity index (χ1) is 17.3. The van der Waals surface area contributed by atoms with E-state index in [0.29, 0.717) is 0 Å². The molecule has 8 rings (SSSR count). The third kappa shape index (κ3) is 2.49. The minimum Gasteiger partial charge on any atom is -0.456 e. The number of furan rings is 1. The maximum absolute atomic E-state index is 6.18. The van der Waals surface area contributed by atoms with Crippen LogP contribution in [0.25, 0.3) is 76.4 Å². The average molecular weight is 448 g/mol. The van der Waals surface area contributed by atoms with Crippen LogP contribution in [-0.2, 0) is 7.05 Å². The molecule has 0 unspecified atom stereocenters. The predicted molar refractivity (Wildman–Crippen MR) is 148 cm³/mol. The van der Waals surface area contributed by atoms with E-state index >= 15 is 0 Å². The molecule has 0 aliphatic heterocycles. The van der Waals surface area contributed by atoms with Gasteiger partial charge in [-0.1, -0.05) is 78.9 Å². The van der Waals surface area contributed by atoms with Crippen molar-refractivity contribution in [2.45, 2.75) is 0 Å². The van der Waals surface area contributed by atoms with Gasteiger partial charge in [0.1, 0.15) is 11.2 Å². The van der Waals surface area contributed by atoms with Gasteiger partial charge in [-0.15, -0.1) is 0 Å². The highest BCUT2D eigenvalue weighted by Gasteiger charge is 2.17. The maximum atomic E-state index is 6.18. The fourth-order valence-electron chi connectivity index (χ4n) is 5.98. The summed E-state index contributed by atoms with van der Waals surface area (Å²) in [7, 11) is 2.19. The lowest BCUT2D eigenvalue weighted by Gasteiger charge is -2.08. The summed E-state index contributed by atoms with van der Waals surface area (Å²) in [4.78, 5) is 0. The number of aromatic nitrogens is 1. The van der Waals surface area contributed by atoms with Gasteiger partial charge in [-0.05, 0) is 57.6 Å².